The van der Waals surface area contributed by atoms with E-state index < -0.39 is 5.97 Å². The zero-order valence-electron chi connectivity index (χ0n) is 13.1. The maximum absolute atomic E-state index is 10.6. The van der Waals surface area contributed by atoms with Crippen molar-refractivity contribution in [2.24, 2.45) is 0 Å². The van der Waals surface area contributed by atoms with Gasteiger partial charge in [0.2, 0.25) is 0 Å². The molecule has 1 aliphatic rings. The second-order valence-corrected chi connectivity index (χ2v) is 5.52. The predicted octanol–water partition coefficient (Wildman–Crippen LogP) is 2.83. The molecule has 7 nitrogen and oxygen atoms in total. The molecule has 0 amide bonds. The highest BCUT2D eigenvalue weighted by Gasteiger charge is 2.20. The maximum atomic E-state index is 10.6. The van der Waals surface area contributed by atoms with Crippen LogP contribution < -0.4 is 10.1 Å². The van der Waals surface area contributed by atoms with Crippen LogP contribution >= 0.6 is 12.4 Å². The largest absolute Gasteiger partial charge is 0.482 e. The third-order valence-corrected chi connectivity index (χ3v) is 3.76. The van der Waals surface area contributed by atoms with E-state index in [0.29, 0.717) is 23.0 Å². The Morgan fingerprint density at radius 2 is 2.25 bits per heavy atom. The lowest BCUT2D eigenvalue weighted by Gasteiger charge is -2.09. The van der Waals surface area contributed by atoms with Gasteiger partial charge in [0.1, 0.15) is 5.75 Å². The third-order valence-electron chi connectivity index (χ3n) is 3.76. The average molecular weight is 354 g/mol. The molecule has 1 aromatic carbocycles. The van der Waals surface area contributed by atoms with Gasteiger partial charge in [-0.15, -0.1) is 12.4 Å². The summed E-state index contributed by atoms with van der Waals surface area (Å²) in [6.07, 6.45) is 4.54. The molecule has 0 aliphatic carbocycles. The molecule has 1 atom stereocenters. The minimum Gasteiger partial charge on any atom is -0.482 e. The van der Waals surface area contributed by atoms with Crippen LogP contribution in [0.25, 0.3) is 11.5 Å². The molecule has 0 radical (unpaired) electrons. The molecular weight excluding hydrogens is 334 g/mol. The van der Waals surface area contributed by atoms with E-state index in [4.69, 9.17) is 14.4 Å². The number of nitrogens with one attached hydrogen (secondary N) is 1. The van der Waals surface area contributed by atoms with Crippen molar-refractivity contribution in [3.05, 3.63) is 30.1 Å². The van der Waals surface area contributed by atoms with Crippen LogP contribution in [0, 0.1) is 0 Å². The first-order valence-electron chi connectivity index (χ1n) is 7.74. The summed E-state index contributed by atoms with van der Waals surface area (Å²) in [5.41, 5.74) is 0.709. The summed E-state index contributed by atoms with van der Waals surface area (Å²) < 4.78 is 10.5. The van der Waals surface area contributed by atoms with E-state index >= 15 is 0 Å². The van der Waals surface area contributed by atoms with Crippen molar-refractivity contribution in [2.45, 2.75) is 31.7 Å². The molecule has 3 rings (SSSR count). The highest BCUT2D eigenvalue weighted by atomic mass is 35.5. The molecule has 2 heterocycles. The number of benzene rings is 1. The van der Waals surface area contributed by atoms with E-state index in [9.17, 15) is 4.79 Å². The minimum atomic E-state index is -1.02. The molecule has 2 aromatic rings. The van der Waals surface area contributed by atoms with Crippen molar-refractivity contribution in [2.75, 3.05) is 13.2 Å². The van der Waals surface area contributed by atoms with Gasteiger partial charge in [0, 0.05) is 5.56 Å². The number of aromatic nitrogens is 2. The predicted molar refractivity (Wildman–Crippen MR) is 89.3 cm³/mol. The number of carboxylic acids is 1. The van der Waals surface area contributed by atoms with Crippen LogP contribution in [0.4, 0.5) is 0 Å². The van der Waals surface area contributed by atoms with E-state index in [2.05, 4.69) is 15.5 Å². The Bertz CT molecular complexity index is 669. The van der Waals surface area contributed by atoms with Gasteiger partial charge in [-0.05, 0) is 37.6 Å². The molecule has 1 saturated heterocycles. The number of carbonyl (C=O) groups is 1. The molecule has 1 aliphatic heterocycles. The first kappa shape index (κ1) is 18.2. The van der Waals surface area contributed by atoms with Gasteiger partial charge in [-0.3, -0.25) is 0 Å². The quantitative estimate of drug-likeness (QED) is 0.852. The molecule has 1 unspecified atom stereocenters. The van der Waals surface area contributed by atoms with Crippen molar-refractivity contribution in [1.82, 2.24) is 15.5 Å². The number of hydrogen-bond donors (Lipinski definition) is 2. The topological polar surface area (TPSA) is 97.5 Å². The monoisotopic (exact) mass is 353 g/mol. The molecule has 8 heteroatoms. The first-order chi connectivity index (χ1) is 11.2. The Labute approximate surface area is 145 Å². The molecule has 1 fully saturated rings. The molecular formula is C16H20ClN3O4. The third kappa shape index (κ3) is 4.69. The SMILES string of the molecule is Cl.O=C(O)COc1cccc(-c2nc(C3CCCCCN3)no2)c1. The number of ether oxygens (including phenoxy) is 1. The Morgan fingerprint density at radius 3 is 3.08 bits per heavy atom. The van der Waals surface area contributed by atoms with Crippen molar-refractivity contribution in [1.29, 1.82) is 0 Å². The minimum absolute atomic E-state index is 0. The Balaban J connectivity index is 0.00000208. The Kier molecular flexibility index (Phi) is 6.57. The van der Waals surface area contributed by atoms with Crippen LogP contribution in [-0.2, 0) is 4.79 Å². The fourth-order valence-electron chi connectivity index (χ4n) is 2.61. The normalized spacial score (nSPS) is 17.6. The Hall–Kier alpha value is -2.12. The van der Waals surface area contributed by atoms with Gasteiger partial charge in [0.15, 0.2) is 12.4 Å². The number of nitrogens with zero attached hydrogens (tertiary/aromatic N) is 2. The number of aliphatic carboxylic acids is 1. The van der Waals surface area contributed by atoms with Gasteiger partial charge >= 0.3 is 5.97 Å². The van der Waals surface area contributed by atoms with E-state index in [1.165, 1.54) is 12.8 Å². The molecule has 2 N–H and O–H groups in total. The lowest BCUT2D eigenvalue weighted by atomic mass is 10.1. The number of rotatable bonds is 5. The second-order valence-electron chi connectivity index (χ2n) is 5.52. The smallest absolute Gasteiger partial charge is 0.341 e. The molecule has 24 heavy (non-hydrogen) atoms. The summed E-state index contributed by atoms with van der Waals surface area (Å²) in [5, 5.41) is 16.2. The van der Waals surface area contributed by atoms with E-state index in [1.54, 1.807) is 18.2 Å². The first-order valence-corrected chi connectivity index (χ1v) is 7.74. The summed E-state index contributed by atoms with van der Waals surface area (Å²) in [7, 11) is 0. The highest BCUT2D eigenvalue weighted by Crippen LogP contribution is 2.26. The van der Waals surface area contributed by atoms with Crippen molar-refractivity contribution in [3.8, 4) is 17.2 Å². The standard InChI is InChI=1S/C16H19N3O4.ClH/c20-14(21)10-22-12-6-4-5-11(9-12)16-18-15(19-23-16)13-7-2-1-3-8-17-13;/h4-6,9,13,17H,1-3,7-8,10H2,(H,20,21);1H. The van der Waals surface area contributed by atoms with Gasteiger partial charge < -0.3 is 19.7 Å². The summed E-state index contributed by atoms with van der Waals surface area (Å²) in [5.74, 6) is 0.512. The Morgan fingerprint density at radius 1 is 1.38 bits per heavy atom. The van der Waals surface area contributed by atoms with E-state index in [-0.39, 0.29) is 25.1 Å². The van der Waals surface area contributed by atoms with Gasteiger partial charge in [-0.1, -0.05) is 24.1 Å². The van der Waals surface area contributed by atoms with Crippen molar-refractivity contribution >= 4 is 18.4 Å². The van der Waals surface area contributed by atoms with Crippen molar-refractivity contribution in [3.63, 3.8) is 0 Å². The van der Waals surface area contributed by atoms with Gasteiger partial charge in [0.05, 0.1) is 6.04 Å². The maximum Gasteiger partial charge on any atom is 0.341 e. The second kappa shape index (κ2) is 8.65. The lowest BCUT2D eigenvalue weighted by Crippen LogP contribution is -2.21. The summed E-state index contributed by atoms with van der Waals surface area (Å²) in [6.45, 7) is 0.581. The molecule has 0 saturated carbocycles. The average Bonchev–Trinajstić information content (AvgIpc) is 2.89. The fraction of sp³-hybridized carbons (Fsp3) is 0.438. The number of hydrogen-bond acceptors (Lipinski definition) is 6. The summed E-state index contributed by atoms with van der Waals surface area (Å²) >= 11 is 0. The van der Waals surface area contributed by atoms with Gasteiger partial charge in [-0.25, -0.2) is 4.79 Å². The molecule has 0 bridgehead atoms. The van der Waals surface area contributed by atoms with Crippen LogP contribution in [0.15, 0.2) is 28.8 Å². The van der Waals surface area contributed by atoms with Crippen LogP contribution in [0.3, 0.4) is 0 Å². The summed E-state index contributed by atoms with van der Waals surface area (Å²) in [6, 6.07) is 7.10. The fourth-order valence-corrected chi connectivity index (χ4v) is 2.61. The van der Waals surface area contributed by atoms with Crippen LogP contribution in [0.1, 0.15) is 37.5 Å². The van der Waals surface area contributed by atoms with Gasteiger partial charge in [0.25, 0.3) is 5.89 Å². The van der Waals surface area contributed by atoms with Crippen LogP contribution in [-0.4, -0.2) is 34.4 Å². The number of halogens is 1. The highest BCUT2D eigenvalue weighted by molar-refractivity contribution is 5.85. The van der Waals surface area contributed by atoms with E-state index in [0.717, 1.165) is 19.4 Å². The lowest BCUT2D eigenvalue weighted by molar-refractivity contribution is -0.139. The molecule has 1 aromatic heterocycles. The van der Waals surface area contributed by atoms with Crippen molar-refractivity contribution < 1.29 is 19.2 Å². The number of carboxylic acid groups (broad SMARTS) is 1. The zero-order chi connectivity index (χ0) is 16.1. The van der Waals surface area contributed by atoms with Crippen LogP contribution in [0.2, 0.25) is 0 Å². The van der Waals surface area contributed by atoms with E-state index in [1.807, 2.05) is 6.07 Å². The van der Waals surface area contributed by atoms with Crippen LogP contribution in [0.5, 0.6) is 5.75 Å². The molecule has 0 spiro atoms. The zero-order valence-corrected chi connectivity index (χ0v) is 13.9. The van der Waals surface area contributed by atoms with Gasteiger partial charge in [-0.2, -0.15) is 4.98 Å². The summed E-state index contributed by atoms with van der Waals surface area (Å²) in [4.78, 5) is 15.0. The molecule has 130 valence electrons.